The summed E-state index contributed by atoms with van der Waals surface area (Å²) >= 11 is 12.1. The molecule has 0 unspecified atom stereocenters. The van der Waals surface area contributed by atoms with E-state index in [9.17, 15) is 4.79 Å². The quantitative estimate of drug-likeness (QED) is 0.695. The van der Waals surface area contributed by atoms with Crippen LogP contribution in [0.5, 0.6) is 0 Å². The predicted octanol–water partition coefficient (Wildman–Crippen LogP) is 4.82. The molecule has 8 heteroatoms. The molecule has 1 amide bonds. The smallest absolute Gasteiger partial charge is 0.291 e. The first kappa shape index (κ1) is 17.1. The Morgan fingerprint density at radius 1 is 1.12 bits per heavy atom. The molecule has 0 fully saturated rings. The van der Waals surface area contributed by atoms with E-state index in [0.717, 1.165) is 43.0 Å². The molecule has 0 aliphatic carbocycles. The molecule has 1 aromatic carbocycles. The predicted molar refractivity (Wildman–Crippen MR) is 99.7 cm³/mol. The van der Waals surface area contributed by atoms with Gasteiger partial charge >= 0.3 is 0 Å². The number of fused-ring (bicyclic) bond motifs is 1. The Hall–Kier alpha value is -2.31. The molecule has 1 N–H and O–H groups in total. The zero-order valence-corrected chi connectivity index (χ0v) is 15.3. The van der Waals surface area contributed by atoms with Gasteiger partial charge in [-0.05, 0) is 54.8 Å². The molecule has 0 bridgehead atoms. The van der Waals surface area contributed by atoms with Crippen LogP contribution in [0, 0.1) is 0 Å². The fraction of sp³-hybridized carbons (Fsp3) is 0.278. The van der Waals surface area contributed by atoms with Crippen LogP contribution in [0.15, 0.2) is 34.7 Å². The SMILES string of the molecule is O=C(Nc1ccc(Cl)c(-c2nnc3n2CCCCC3)c1)c1ccc(Cl)o1. The van der Waals surface area contributed by atoms with Gasteiger partial charge in [-0.3, -0.25) is 4.79 Å². The summed E-state index contributed by atoms with van der Waals surface area (Å²) in [4.78, 5) is 12.3. The van der Waals surface area contributed by atoms with Gasteiger partial charge in [-0.15, -0.1) is 10.2 Å². The summed E-state index contributed by atoms with van der Waals surface area (Å²) < 4.78 is 7.25. The van der Waals surface area contributed by atoms with Crippen LogP contribution in [0.2, 0.25) is 10.2 Å². The fourth-order valence-corrected chi connectivity index (χ4v) is 3.44. The highest BCUT2D eigenvalue weighted by Crippen LogP contribution is 2.31. The molecule has 26 heavy (non-hydrogen) atoms. The molecular formula is C18H16Cl2N4O2. The van der Waals surface area contributed by atoms with Gasteiger partial charge in [0.25, 0.3) is 5.91 Å². The molecule has 0 saturated heterocycles. The minimum atomic E-state index is -0.384. The molecule has 0 spiro atoms. The number of hydrogen-bond acceptors (Lipinski definition) is 4. The van der Waals surface area contributed by atoms with Crippen LogP contribution in [0.4, 0.5) is 5.69 Å². The van der Waals surface area contributed by atoms with Crippen LogP contribution in [-0.4, -0.2) is 20.7 Å². The number of hydrogen-bond donors (Lipinski definition) is 1. The summed E-state index contributed by atoms with van der Waals surface area (Å²) in [5.41, 5.74) is 1.33. The Kier molecular flexibility index (Phi) is 4.70. The molecule has 1 aliphatic heterocycles. The van der Waals surface area contributed by atoms with Crippen LogP contribution in [0.3, 0.4) is 0 Å². The van der Waals surface area contributed by atoms with Gasteiger partial charge in [-0.1, -0.05) is 18.0 Å². The molecule has 2 aromatic heterocycles. The first-order valence-corrected chi connectivity index (χ1v) is 9.16. The van der Waals surface area contributed by atoms with Crippen molar-refractivity contribution in [2.24, 2.45) is 0 Å². The average Bonchev–Trinajstić information content (AvgIpc) is 3.16. The third-order valence-electron chi connectivity index (χ3n) is 4.37. The van der Waals surface area contributed by atoms with Crippen molar-refractivity contribution in [1.29, 1.82) is 0 Å². The monoisotopic (exact) mass is 390 g/mol. The van der Waals surface area contributed by atoms with E-state index in [1.807, 2.05) is 0 Å². The minimum Gasteiger partial charge on any atom is -0.440 e. The molecule has 0 radical (unpaired) electrons. The number of halogens is 2. The van der Waals surface area contributed by atoms with Gasteiger partial charge in [0.15, 0.2) is 16.8 Å². The molecule has 1 aliphatic rings. The average molecular weight is 391 g/mol. The molecule has 4 rings (SSSR count). The highest BCUT2D eigenvalue weighted by molar-refractivity contribution is 6.33. The minimum absolute atomic E-state index is 0.142. The number of carbonyl (C=O) groups excluding carboxylic acids is 1. The molecule has 0 atom stereocenters. The van der Waals surface area contributed by atoms with Crippen LogP contribution in [-0.2, 0) is 13.0 Å². The van der Waals surface area contributed by atoms with E-state index < -0.39 is 0 Å². The number of furan rings is 1. The summed E-state index contributed by atoms with van der Waals surface area (Å²) in [6, 6.07) is 8.31. The maximum atomic E-state index is 12.3. The van der Waals surface area contributed by atoms with Crippen molar-refractivity contribution >= 4 is 34.8 Å². The summed E-state index contributed by atoms with van der Waals surface area (Å²) in [6.07, 6.45) is 4.30. The highest BCUT2D eigenvalue weighted by atomic mass is 35.5. The summed E-state index contributed by atoms with van der Waals surface area (Å²) in [5, 5.41) is 12.2. The topological polar surface area (TPSA) is 73.0 Å². The van der Waals surface area contributed by atoms with Crippen molar-refractivity contribution in [3.05, 3.63) is 52.2 Å². The number of nitrogens with zero attached hydrogens (tertiary/aromatic N) is 3. The zero-order valence-electron chi connectivity index (χ0n) is 13.8. The zero-order chi connectivity index (χ0) is 18.1. The van der Waals surface area contributed by atoms with Crippen LogP contribution in [0.25, 0.3) is 11.4 Å². The number of aromatic nitrogens is 3. The Bertz CT molecular complexity index is 964. The van der Waals surface area contributed by atoms with Crippen LogP contribution < -0.4 is 5.32 Å². The van der Waals surface area contributed by atoms with E-state index in [0.29, 0.717) is 10.7 Å². The van der Waals surface area contributed by atoms with Gasteiger partial charge in [-0.2, -0.15) is 0 Å². The maximum Gasteiger partial charge on any atom is 0.291 e. The molecule has 3 aromatic rings. The Morgan fingerprint density at radius 2 is 2.00 bits per heavy atom. The molecule has 0 saturated carbocycles. The second-order valence-corrected chi connectivity index (χ2v) is 6.93. The number of rotatable bonds is 3. The molecule has 134 valence electrons. The maximum absolute atomic E-state index is 12.3. The third-order valence-corrected chi connectivity index (χ3v) is 4.90. The van der Waals surface area contributed by atoms with Gasteiger partial charge in [0.05, 0.1) is 5.02 Å². The van der Waals surface area contributed by atoms with E-state index in [4.69, 9.17) is 27.6 Å². The van der Waals surface area contributed by atoms with Gasteiger partial charge < -0.3 is 14.3 Å². The Labute approximate surface area is 160 Å². The molecule has 3 heterocycles. The van der Waals surface area contributed by atoms with E-state index >= 15 is 0 Å². The lowest BCUT2D eigenvalue weighted by Gasteiger charge is -2.10. The number of carbonyl (C=O) groups is 1. The third kappa shape index (κ3) is 3.34. The first-order chi connectivity index (χ1) is 12.6. The van der Waals surface area contributed by atoms with Crippen molar-refractivity contribution in [3.8, 4) is 11.4 Å². The van der Waals surface area contributed by atoms with Gasteiger partial charge in [-0.25, -0.2) is 0 Å². The van der Waals surface area contributed by atoms with Crippen LogP contribution >= 0.6 is 23.2 Å². The lowest BCUT2D eigenvalue weighted by molar-refractivity contribution is 0.0997. The number of benzene rings is 1. The lowest BCUT2D eigenvalue weighted by atomic mass is 10.1. The second kappa shape index (κ2) is 7.13. The van der Waals surface area contributed by atoms with Gasteiger partial charge in [0.1, 0.15) is 5.82 Å². The number of anilines is 1. The molecular weight excluding hydrogens is 375 g/mol. The van der Waals surface area contributed by atoms with E-state index in [1.54, 1.807) is 18.2 Å². The summed E-state index contributed by atoms with van der Waals surface area (Å²) in [6.45, 7) is 0.871. The van der Waals surface area contributed by atoms with Crippen molar-refractivity contribution in [2.45, 2.75) is 32.2 Å². The van der Waals surface area contributed by atoms with Crippen molar-refractivity contribution in [3.63, 3.8) is 0 Å². The lowest BCUT2D eigenvalue weighted by Crippen LogP contribution is -2.11. The largest absolute Gasteiger partial charge is 0.440 e. The van der Waals surface area contributed by atoms with Crippen LogP contribution in [0.1, 0.15) is 35.6 Å². The first-order valence-electron chi connectivity index (χ1n) is 8.40. The second-order valence-electron chi connectivity index (χ2n) is 6.15. The summed E-state index contributed by atoms with van der Waals surface area (Å²) in [7, 11) is 0. The normalized spacial score (nSPS) is 13.9. The Balaban J connectivity index is 1.65. The standard InChI is InChI=1S/C18H16Cl2N4O2/c19-13-6-5-11(21-18(25)14-7-8-15(20)26-14)10-12(13)17-23-22-16-4-2-1-3-9-24(16)17/h5-8,10H,1-4,9H2,(H,21,25). The van der Waals surface area contributed by atoms with Crippen molar-refractivity contribution in [1.82, 2.24) is 14.8 Å². The Morgan fingerprint density at radius 3 is 2.81 bits per heavy atom. The van der Waals surface area contributed by atoms with E-state index in [-0.39, 0.29) is 16.9 Å². The van der Waals surface area contributed by atoms with Gasteiger partial charge in [0.2, 0.25) is 0 Å². The number of nitrogens with one attached hydrogen (secondary N) is 1. The fourth-order valence-electron chi connectivity index (χ4n) is 3.09. The van der Waals surface area contributed by atoms with Gasteiger partial charge in [0, 0.05) is 24.2 Å². The van der Waals surface area contributed by atoms with Crippen molar-refractivity contribution in [2.75, 3.05) is 5.32 Å². The number of aryl methyl sites for hydroxylation is 1. The summed E-state index contributed by atoms with van der Waals surface area (Å²) in [5.74, 6) is 1.46. The van der Waals surface area contributed by atoms with E-state index in [2.05, 4.69) is 20.1 Å². The van der Waals surface area contributed by atoms with E-state index in [1.165, 1.54) is 18.6 Å². The highest BCUT2D eigenvalue weighted by Gasteiger charge is 2.19. The van der Waals surface area contributed by atoms with Crippen molar-refractivity contribution < 1.29 is 9.21 Å². The molecule has 6 nitrogen and oxygen atoms in total. The number of amides is 1.